The van der Waals surface area contributed by atoms with Crippen LogP contribution in [0, 0.1) is 0 Å². The third-order valence-electron chi connectivity index (χ3n) is 3.25. The number of nitrogens with two attached hydrogens (primary N) is 1. The summed E-state index contributed by atoms with van der Waals surface area (Å²) in [5.74, 6) is 2.67. The summed E-state index contributed by atoms with van der Waals surface area (Å²) in [4.78, 5) is 8.96. The third-order valence-corrected chi connectivity index (χ3v) is 3.25. The molecule has 104 valence electrons. The van der Waals surface area contributed by atoms with Crippen molar-refractivity contribution in [3.63, 3.8) is 0 Å². The van der Waals surface area contributed by atoms with Gasteiger partial charge in [0.2, 0.25) is 0 Å². The summed E-state index contributed by atoms with van der Waals surface area (Å²) < 4.78 is 5.64. The van der Waals surface area contributed by atoms with Crippen molar-refractivity contribution in [2.45, 2.75) is 38.7 Å². The average molecular weight is 269 g/mol. The highest BCUT2D eigenvalue weighted by Gasteiger charge is 2.26. The Balaban J connectivity index is 1.88. The highest BCUT2D eigenvalue weighted by atomic mass is 16.5. The lowest BCUT2D eigenvalue weighted by Crippen LogP contribution is -2.05. The van der Waals surface area contributed by atoms with Gasteiger partial charge < -0.3 is 10.5 Å². The van der Waals surface area contributed by atoms with Crippen LogP contribution in [0.2, 0.25) is 0 Å². The zero-order valence-corrected chi connectivity index (χ0v) is 11.8. The minimum Gasteiger partial charge on any atom is -0.491 e. The molecule has 0 bridgehead atoms. The molecule has 4 heteroatoms. The molecule has 0 spiro atoms. The van der Waals surface area contributed by atoms with Crippen LogP contribution in [0.5, 0.6) is 5.75 Å². The Morgan fingerprint density at radius 3 is 2.45 bits per heavy atom. The maximum atomic E-state index is 5.88. The van der Waals surface area contributed by atoms with Gasteiger partial charge in [-0.3, -0.25) is 0 Å². The molecule has 0 radical (unpaired) electrons. The van der Waals surface area contributed by atoms with Crippen LogP contribution in [0.15, 0.2) is 30.3 Å². The van der Waals surface area contributed by atoms with Gasteiger partial charge in [0.25, 0.3) is 0 Å². The summed E-state index contributed by atoms with van der Waals surface area (Å²) in [5.41, 5.74) is 7.92. The lowest BCUT2D eigenvalue weighted by molar-refractivity contribution is 0.242. The fourth-order valence-electron chi connectivity index (χ4n) is 2.16. The smallest absolute Gasteiger partial charge is 0.161 e. The molecular formula is C16H19N3O. The van der Waals surface area contributed by atoms with Crippen molar-refractivity contribution in [2.75, 3.05) is 5.73 Å². The molecule has 3 rings (SSSR count). The van der Waals surface area contributed by atoms with Crippen LogP contribution in [0.1, 0.15) is 38.3 Å². The monoisotopic (exact) mass is 269 g/mol. The quantitative estimate of drug-likeness (QED) is 0.924. The highest BCUT2D eigenvalue weighted by Crippen LogP contribution is 2.39. The van der Waals surface area contributed by atoms with Crippen molar-refractivity contribution in [3.8, 4) is 17.1 Å². The van der Waals surface area contributed by atoms with Gasteiger partial charge in [0.05, 0.1) is 6.10 Å². The van der Waals surface area contributed by atoms with E-state index in [0.29, 0.717) is 17.6 Å². The first-order valence-corrected chi connectivity index (χ1v) is 7.03. The summed E-state index contributed by atoms with van der Waals surface area (Å²) in [6.45, 7) is 4.02. The first-order valence-electron chi connectivity index (χ1n) is 7.03. The van der Waals surface area contributed by atoms with Gasteiger partial charge in [-0.15, -0.1) is 0 Å². The van der Waals surface area contributed by atoms with Gasteiger partial charge in [0.15, 0.2) is 5.82 Å². The number of benzene rings is 1. The number of anilines is 1. The second-order valence-corrected chi connectivity index (χ2v) is 5.51. The van der Waals surface area contributed by atoms with Crippen molar-refractivity contribution in [1.82, 2.24) is 9.97 Å². The van der Waals surface area contributed by atoms with E-state index in [1.54, 1.807) is 0 Å². The fraction of sp³-hybridized carbons (Fsp3) is 0.375. The van der Waals surface area contributed by atoms with Crippen LogP contribution in [-0.2, 0) is 0 Å². The SMILES string of the molecule is CC(C)Oc1ccc(-c2nc(N)cc(C3CC3)n2)cc1. The van der Waals surface area contributed by atoms with Crippen molar-refractivity contribution < 1.29 is 4.74 Å². The standard InChI is InChI=1S/C16H19N3O/c1-10(2)20-13-7-5-12(6-8-13)16-18-14(11-3-4-11)9-15(17)19-16/h5-11H,3-4H2,1-2H3,(H2,17,18,19). The summed E-state index contributed by atoms with van der Waals surface area (Å²) in [5, 5.41) is 0. The molecule has 1 heterocycles. The molecule has 1 aliphatic rings. The molecular weight excluding hydrogens is 250 g/mol. The van der Waals surface area contributed by atoms with E-state index in [1.165, 1.54) is 12.8 Å². The maximum absolute atomic E-state index is 5.88. The molecule has 1 aromatic carbocycles. The minimum atomic E-state index is 0.172. The molecule has 1 saturated carbocycles. The van der Waals surface area contributed by atoms with Gasteiger partial charge in [-0.1, -0.05) is 0 Å². The molecule has 1 fully saturated rings. The van der Waals surface area contributed by atoms with Gasteiger partial charge in [-0.25, -0.2) is 9.97 Å². The molecule has 0 unspecified atom stereocenters. The van der Waals surface area contributed by atoms with Crippen molar-refractivity contribution in [2.24, 2.45) is 0 Å². The average Bonchev–Trinajstić information content (AvgIpc) is 3.22. The van der Waals surface area contributed by atoms with Crippen LogP contribution < -0.4 is 10.5 Å². The molecule has 2 aromatic rings. The summed E-state index contributed by atoms with van der Waals surface area (Å²) in [7, 11) is 0. The number of nitrogen functional groups attached to an aromatic ring is 1. The van der Waals surface area contributed by atoms with Gasteiger partial charge in [-0.05, 0) is 51.0 Å². The number of ether oxygens (including phenoxy) is 1. The number of hydrogen-bond donors (Lipinski definition) is 1. The number of hydrogen-bond acceptors (Lipinski definition) is 4. The topological polar surface area (TPSA) is 61.0 Å². The maximum Gasteiger partial charge on any atom is 0.161 e. The van der Waals surface area contributed by atoms with Gasteiger partial charge in [0, 0.05) is 23.2 Å². The Morgan fingerprint density at radius 2 is 1.85 bits per heavy atom. The highest BCUT2D eigenvalue weighted by molar-refractivity contribution is 5.58. The van der Waals surface area contributed by atoms with Crippen molar-refractivity contribution >= 4 is 5.82 Å². The molecule has 1 aliphatic carbocycles. The fourth-order valence-corrected chi connectivity index (χ4v) is 2.16. The van der Waals surface area contributed by atoms with Crippen LogP contribution >= 0.6 is 0 Å². The van der Waals surface area contributed by atoms with E-state index < -0.39 is 0 Å². The Kier molecular flexibility index (Phi) is 3.30. The molecule has 0 atom stereocenters. The van der Waals surface area contributed by atoms with E-state index in [4.69, 9.17) is 10.5 Å². The van der Waals surface area contributed by atoms with E-state index in [2.05, 4.69) is 9.97 Å². The largest absolute Gasteiger partial charge is 0.491 e. The Hall–Kier alpha value is -2.10. The van der Waals surface area contributed by atoms with Crippen LogP contribution in [0.4, 0.5) is 5.82 Å². The summed E-state index contributed by atoms with van der Waals surface area (Å²) in [6.07, 6.45) is 2.58. The lowest BCUT2D eigenvalue weighted by atomic mass is 10.2. The first kappa shape index (κ1) is 12.9. The zero-order chi connectivity index (χ0) is 14.1. The summed E-state index contributed by atoms with van der Waals surface area (Å²) >= 11 is 0. The molecule has 0 amide bonds. The van der Waals surface area contributed by atoms with Crippen LogP contribution in [0.3, 0.4) is 0 Å². The summed E-state index contributed by atoms with van der Waals surface area (Å²) in [6, 6.07) is 9.72. The van der Waals surface area contributed by atoms with Gasteiger partial charge >= 0.3 is 0 Å². The minimum absolute atomic E-state index is 0.172. The molecule has 0 aliphatic heterocycles. The molecule has 1 aromatic heterocycles. The van der Waals surface area contributed by atoms with Crippen LogP contribution in [0.25, 0.3) is 11.4 Å². The normalized spacial score (nSPS) is 14.6. The van der Waals surface area contributed by atoms with Gasteiger partial charge in [-0.2, -0.15) is 0 Å². The lowest BCUT2D eigenvalue weighted by Gasteiger charge is -2.10. The number of rotatable bonds is 4. The molecule has 2 N–H and O–H groups in total. The second kappa shape index (κ2) is 5.12. The van der Waals surface area contributed by atoms with Crippen molar-refractivity contribution in [3.05, 3.63) is 36.0 Å². The first-order chi connectivity index (χ1) is 9.61. The van der Waals surface area contributed by atoms with Crippen molar-refractivity contribution in [1.29, 1.82) is 0 Å². The Bertz CT molecular complexity index is 604. The van der Waals surface area contributed by atoms with E-state index in [9.17, 15) is 0 Å². The Morgan fingerprint density at radius 1 is 1.15 bits per heavy atom. The predicted molar refractivity (Wildman–Crippen MR) is 79.6 cm³/mol. The van der Waals surface area contributed by atoms with Crippen LogP contribution in [-0.4, -0.2) is 16.1 Å². The second-order valence-electron chi connectivity index (χ2n) is 5.51. The predicted octanol–water partition coefficient (Wildman–Crippen LogP) is 3.39. The molecule has 4 nitrogen and oxygen atoms in total. The van der Waals surface area contributed by atoms with Gasteiger partial charge in [0.1, 0.15) is 11.6 Å². The van der Waals surface area contributed by atoms with E-state index in [-0.39, 0.29) is 6.10 Å². The molecule has 20 heavy (non-hydrogen) atoms. The third kappa shape index (κ3) is 2.90. The zero-order valence-electron chi connectivity index (χ0n) is 11.8. The van der Waals surface area contributed by atoms with E-state index in [0.717, 1.165) is 17.0 Å². The number of nitrogens with zero attached hydrogens (tertiary/aromatic N) is 2. The number of aromatic nitrogens is 2. The Labute approximate surface area is 119 Å². The van der Waals surface area contributed by atoms with E-state index in [1.807, 2.05) is 44.2 Å². The molecule has 0 saturated heterocycles. The van der Waals surface area contributed by atoms with E-state index >= 15 is 0 Å².